The molecule has 2 heterocycles. The number of imidazole rings is 1. The summed E-state index contributed by atoms with van der Waals surface area (Å²) in [7, 11) is 3.96. The third kappa shape index (κ3) is 2.72. The van der Waals surface area contributed by atoms with Gasteiger partial charge in [-0.3, -0.25) is 4.68 Å². The van der Waals surface area contributed by atoms with Crippen LogP contribution in [0.5, 0.6) is 0 Å². The monoisotopic (exact) mass is 220 g/mol. The Morgan fingerprint density at radius 2 is 1.62 bits per heavy atom. The molecule has 0 aliphatic rings. The second-order valence-corrected chi connectivity index (χ2v) is 4.04. The number of aryl methyl sites for hydroxylation is 4. The standard InChI is InChI=1S/2C6H10N2/c1-5-4-7-6(2)8(5)3;1-5-4-7-8(3)6(5)2/h2*4H,1-3H3. The first-order valence-corrected chi connectivity index (χ1v) is 5.33. The van der Waals surface area contributed by atoms with E-state index in [0.717, 1.165) is 5.82 Å². The van der Waals surface area contributed by atoms with Crippen molar-refractivity contribution in [3.05, 3.63) is 35.2 Å². The van der Waals surface area contributed by atoms with Gasteiger partial charge in [0.05, 0.1) is 6.20 Å². The van der Waals surface area contributed by atoms with Gasteiger partial charge >= 0.3 is 0 Å². The van der Waals surface area contributed by atoms with Crippen molar-refractivity contribution in [3.8, 4) is 0 Å². The van der Waals surface area contributed by atoms with Crippen LogP contribution in [-0.2, 0) is 14.1 Å². The molecule has 4 nitrogen and oxygen atoms in total. The van der Waals surface area contributed by atoms with Gasteiger partial charge in [0.25, 0.3) is 0 Å². The van der Waals surface area contributed by atoms with Crippen molar-refractivity contribution < 1.29 is 0 Å². The van der Waals surface area contributed by atoms with Crippen LogP contribution < -0.4 is 0 Å². The van der Waals surface area contributed by atoms with E-state index in [1.165, 1.54) is 17.0 Å². The summed E-state index contributed by atoms with van der Waals surface area (Å²) in [5.74, 6) is 1.07. The van der Waals surface area contributed by atoms with Gasteiger partial charge in [-0.1, -0.05) is 0 Å². The van der Waals surface area contributed by atoms with Crippen LogP contribution in [0, 0.1) is 27.7 Å². The lowest BCUT2D eigenvalue weighted by Crippen LogP contribution is -1.92. The molecule has 88 valence electrons. The van der Waals surface area contributed by atoms with E-state index in [1.807, 2.05) is 45.0 Å². The average molecular weight is 220 g/mol. The zero-order valence-corrected chi connectivity index (χ0v) is 10.9. The molecule has 0 fully saturated rings. The molecule has 0 aliphatic carbocycles. The van der Waals surface area contributed by atoms with Crippen molar-refractivity contribution in [2.24, 2.45) is 14.1 Å². The Kier molecular flexibility index (Phi) is 3.88. The Morgan fingerprint density at radius 1 is 1.00 bits per heavy atom. The van der Waals surface area contributed by atoms with E-state index < -0.39 is 0 Å². The van der Waals surface area contributed by atoms with Crippen LogP contribution in [-0.4, -0.2) is 19.3 Å². The topological polar surface area (TPSA) is 35.6 Å². The number of hydrogen-bond donors (Lipinski definition) is 0. The molecule has 0 bridgehead atoms. The Labute approximate surface area is 96.9 Å². The van der Waals surface area contributed by atoms with Gasteiger partial charge in [0.15, 0.2) is 0 Å². The Balaban J connectivity index is 0.000000160. The maximum Gasteiger partial charge on any atom is 0.105 e. The lowest BCUT2D eigenvalue weighted by Gasteiger charge is -1.93. The molecule has 0 saturated carbocycles. The second kappa shape index (κ2) is 4.96. The van der Waals surface area contributed by atoms with E-state index in [2.05, 4.69) is 28.5 Å². The first-order chi connectivity index (χ1) is 7.43. The highest BCUT2D eigenvalue weighted by molar-refractivity contribution is 5.12. The maximum absolute atomic E-state index is 4.08. The molecule has 0 saturated heterocycles. The Hall–Kier alpha value is -1.58. The van der Waals surface area contributed by atoms with Gasteiger partial charge < -0.3 is 4.57 Å². The minimum Gasteiger partial charge on any atom is -0.336 e. The van der Waals surface area contributed by atoms with E-state index in [0.29, 0.717) is 0 Å². The zero-order valence-electron chi connectivity index (χ0n) is 10.9. The predicted molar refractivity (Wildman–Crippen MR) is 65.4 cm³/mol. The normalized spacial score (nSPS) is 9.88. The number of nitrogens with zero attached hydrogens (tertiary/aromatic N) is 4. The highest BCUT2D eigenvalue weighted by atomic mass is 15.3. The molecule has 0 atom stereocenters. The van der Waals surface area contributed by atoms with E-state index in [9.17, 15) is 0 Å². The lowest BCUT2D eigenvalue weighted by molar-refractivity contribution is 0.739. The minimum absolute atomic E-state index is 1.07. The summed E-state index contributed by atoms with van der Waals surface area (Å²) in [6.07, 6.45) is 3.74. The molecule has 0 unspecified atom stereocenters. The Bertz CT molecular complexity index is 382. The third-order valence-electron chi connectivity index (χ3n) is 2.93. The highest BCUT2D eigenvalue weighted by Crippen LogP contribution is 2.00. The van der Waals surface area contributed by atoms with Crippen LogP contribution >= 0.6 is 0 Å². The smallest absolute Gasteiger partial charge is 0.105 e. The molecule has 2 aromatic rings. The van der Waals surface area contributed by atoms with Crippen molar-refractivity contribution in [1.82, 2.24) is 19.3 Å². The van der Waals surface area contributed by atoms with Crippen LogP contribution in [0.3, 0.4) is 0 Å². The summed E-state index contributed by atoms with van der Waals surface area (Å²) in [5.41, 5.74) is 3.71. The van der Waals surface area contributed by atoms with Gasteiger partial charge in [0, 0.05) is 31.7 Å². The van der Waals surface area contributed by atoms with Crippen molar-refractivity contribution in [2.45, 2.75) is 27.7 Å². The maximum atomic E-state index is 4.08. The highest BCUT2D eigenvalue weighted by Gasteiger charge is 1.94. The summed E-state index contributed by atoms with van der Waals surface area (Å²) >= 11 is 0. The van der Waals surface area contributed by atoms with Crippen molar-refractivity contribution in [2.75, 3.05) is 0 Å². The van der Waals surface area contributed by atoms with E-state index in [1.54, 1.807) is 0 Å². The summed E-state index contributed by atoms with van der Waals surface area (Å²) in [4.78, 5) is 4.08. The van der Waals surface area contributed by atoms with E-state index in [-0.39, 0.29) is 0 Å². The van der Waals surface area contributed by atoms with Gasteiger partial charge in [-0.2, -0.15) is 5.10 Å². The zero-order chi connectivity index (χ0) is 12.3. The fourth-order valence-electron chi connectivity index (χ4n) is 1.22. The quantitative estimate of drug-likeness (QED) is 0.681. The van der Waals surface area contributed by atoms with Crippen LogP contribution in [0.1, 0.15) is 22.8 Å². The summed E-state index contributed by atoms with van der Waals surface area (Å²) < 4.78 is 3.93. The van der Waals surface area contributed by atoms with Gasteiger partial charge in [0.2, 0.25) is 0 Å². The SMILES string of the molecule is Cc1cnc(C)n1C.Cc1cnn(C)c1C. The first kappa shape index (κ1) is 12.5. The number of aromatic nitrogens is 4. The second-order valence-electron chi connectivity index (χ2n) is 4.04. The van der Waals surface area contributed by atoms with Gasteiger partial charge in [0.1, 0.15) is 5.82 Å². The van der Waals surface area contributed by atoms with Crippen LogP contribution in [0.15, 0.2) is 12.4 Å². The van der Waals surface area contributed by atoms with Crippen LogP contribution in [0.4, 0.5) is 0 Å². The molecule has 4 heteroatoms. The minimum atomic E-state index is 1.07. The third-order valence-corrected chi connectivity index (χ3v) is 2.93. The van der Waals surface area contributed by atoms with Gasteiger partial charge in [-0.25, -0.2) is 4.98 Å². The van der Waals surface area contributed by atoms with E-state index >= 15 is 0 Å². The predicted octanol–water partition coefficient (Wildman–Crippen LogP) is 2.07. The fraction of sp³-hybridized carbons (Fsp3) is 0.500. The summed E-state index contributed by atoms with van der Waals surface area (Å²) in [6, 6.07) is 0. The van der Waals surface area contributed by atoms with Crippen LogP contribution in [0.2, 0.25) is 0 Å². The largest absolute Gasteiger partial charge is 0.336 e. The molecule has 0 N–H and O–H groups in total. The van der Waals surface area contributed by atoms with Crippen LogP contribution in [0.25, 0.3) is 0 Å². The number of hydrogen-bond acceptors (Lipinski definition) is 2. The molecule has 0 radical (unpaired) electrons. The van der Waals surface area contributed by atoms with Gasteiger partial charge in [-0.15, -0.1) is 0 Å². The lowest BCUT2D eigenvalue weighted by atomic mass is 10.3. The first-order valence-electron chi connectivity index (χ1n) is 5.33. The van der Waals surface area contributed by atoms with Crippen molar-refractivity contribution in [3.63, 3.8) is 0 Å². The molecule has 16 heavy (non-hydrogen) atoms. The van der Waals surface area contributed by atoms with Gasteiger partial charge in [-0.05, 0) is 33.3 Å². The summed E-state index contributed by atoms with van der Waals surface area (Å²) in [6.45, 7) is 8.15. The van der Waals surface area contributed by atoms with E-state index in [4.69, 9.17) is 0 Å². The molecular weight excluding hydrogens is 200 g/mol. The average Bonchev–Trinajstić information content (AvgIpc) is 2.70. The molecule has 2 rings (SSSR count). The molecule has 2 aromatic heterocycles. The van der Waals surface area contributed by atoms with Crippen molar-refractivity contribution in [1.29, 1.82) is 0 Å². The molecule has 0 spiro atoms. The fourth-order valence-corrected chi connectivity index (χ4v) is 1.22. The molecular formula is C12H20N4. The number of rotatable bonds is 0. The molecule has 0 aromatic carbocycles. The molecule has 0 amide bonds. The van der Waals surface area contributed by atoms with Crippen molar-refractivity contribution >= 4 is 0 Å². The summed E-state index contributed by atoms with van der Waals surface area (Å²) in [5, 5.41) is 4.03. The molecule has 0 aliphatic heterocycles. The Morgan fingerprint density at radius 3 is 1.75 bits per heavy atom.